The van der Waals surface area contributed by atoms with Crippen molar-refractivity contribution in [2.45, 2.75) is 6.10 Å². The highest BCUT2D eigenvalue weighted by molar-refractivity contribution is 9.10. The van der Waals surface area contributed by atoms with Crippen molar-refractivity contribution in [2.24, 2.45) is 0 Å². The molecule has 6 heteroatoms. The summed E-state index contributed by atoms with van der Waals surface area (Å²) in [5.41, 5.74) is -0.925. The summed E-state index contributed by atoms with van der Waals surface area (Å²) in [6.07, 6.45) is -1.79. The van der Waals surface area contributed by atoms with E-state index in [-0.39, 0.29) is 10.0 Å². The Hall–Kier alpha value is -1.40. The highest BCUT2D eigenvalue weighted by Gasteiger charge is 2.21. The van der Waals surface area contributed by atoms with Gasteiger partial charge in [0.15, 0.2) is 0 Å². The molecule has 0 spiro atoms. The average Bonchev–Trinajstić information content (AvgIpc) is 2.25. The molecule has 0 saturated heterocycles. The molecule has 0 heterocycles. The molecular weight excluding hydrogens is 328 g/mol. The van der Waals surface area contributed by atoms with E-state index in [1.54, 1.807) is 0 Å². The Kier molecular flexibility index (Phi) is 3.91. The first kappa shape index (κ1) is 14.0. The molecule has 0 fully saturated rings. The van der Waals surface area contributed by atoms with Gasteiger partial charge in [0, 0.05) is 10.5 Å². The van der Waals surface area contributed by atoms with Crippen molar-refractivity contribution in [1.82, 2.24) is 0 Å². The van der Waals surface area contributed by atoms with Crippen molar-refractivity contribution in [2.75, 3.05) is 0 Å². The predicted octanol–water partition coefficient (Wildman–Crippen LogP) is 4.09. The minimum absolute atomic E-state index is 0.156. The van der Waals surface area contributed by atoms with Crippen LogP contribution in [-0.2, 0) is 0 Å². The molecule has 2 rings (SSSR count). The van der Waals surface area contributed by atoms with Gasteiger partial charge in [-0.2, -0.15) is 0 Å². The summed E-state index contributed by atoms with van der Waals surface area (Å²) in [5.74, 6) is -3.90. The molecule has 0 amide bonds. The first-order valence-corrected chi connectivity index (χ1v) is 5.96. The monoisotopic (exact) mass is 334 g/mol. The molecule has 0 aliphatic rings. The van der Waals surface area contributed by atoms with Crippen LogP contribution in [0.5, 0.6) is 0 Å². The van der Waals surface area contributed by atoms with Gasteiger partial charge in [0.05, 0.1) is 5.56 Å². The van der Waals surface area contributed by atoms with Crippen molar-refractivity contribution >= 4 is 15.9 Å². The van der Waals surface area contributed by atoms with Crippen LogP contribution < -0.4 is 0 Å². The highest BCUT2D eigenvalue weighted by Crippen LogP contribution is 2.29. The average molecular weight is 335 g/mol. The Bertz CT molecular complexity index is 587. The van der Waals surface area contributed by atoms with E-state index in [0.29, 0.717) is 6.07 Å². The zero-order chi connectivity index (χ0) is 14.2. The summed E-state index contributed by atoms with van der Waals surface area (Å²) in [6, 6.07) is 4.14. The summed E-state index contributed by atoms with van der Waals surface area (Å²) in [4.78, 5) is 0. The summed E-state index contributed by atoms with van der Waals surface area (Å²) < 4.78 is 53.5. The summed E-state index contributed by atoms with van der Waals surface area (Å²) in [5, 5.41) is 9.86. The molecule has 2 aromatic carbocycles. The summed E-state index contributed by atoms with van der Waals surface area (Å²) in [6.45, 7) is 0. The molecule has 1 unspecified atom stereocenters. The molecular formula is C13H7BrF4O. The van der Waals surface area contributed by atoms with Crippen molar-refractivity contribution in [3.8, 4) is 0 Å². The van der Waals surface area contributed by atoms with Crippen LogP contribution in [0.25, 0.3) is 0 Å². The van der Waals surface area contributed by atoms with Gasteiger partial charge in [-0.05, 0) is 29.8 Å². The number of hydrogen-bond donors (Lipinski definition) is 1. The van der Waals surface area contributed by atoms with Crippen molar-refractivity contribution in [3.63, 3.8) is 0 Å². The van der Waals surface area contributed by atoms with Gasteiger partial charge < -0.3 is 5.11 Å². The largest absolute Gasteiger partial charge is 0.383 e. The molecule has 0 radical (unpaired) electrons. The maximum Gasteiger partial charge on any atom is 0.133 e. The smallest absolute Gasteiger partial charge is 0.133 e. The van der Waals surface area contributed by atoms with Gasteiger partial charge in [-0.1, -0.05) is 15.9 Å². The Morgan fingerprint density at radius 3 is 1.79 bits per heavy atom. The van der Waals surface area contributed by atoms with Gasteiger partial charge in [0.2, 0.25) is 0 Å². The van der Waals surface area contributed by atoms with Crippen LogP contribution in [0.3, 0.4) is 0 Å². The fourth-order valence-corrected chi connectivity index (χ4v) is 2.12. The van der Waals surface area contributed by atoms with E-state index in [9.17, 15) is 22.7 Å². The molecule has 19 heavy (non-hydrogen) atoms. The lowest BCUT2D eigenvalue weighted by atomic mass is 10.0. The summed E-state index contributed by atoms with van der Waals surface area (Å²) in [7, 11) is 0. The van der Waals surface area contributed by atoms with E-state index >= 15 is 0 Å². The fraction of sp³-hybridized carbons (Fsp3) is 0.0769. The molecule has 1 atom stereocenters. The van der Waals surface area contributed by atoms with Gasteiger partial charge in [0.1, 0.15) is 29.4 Å². The third kappa shape index (κ3) is 2.96. The van der Waals surface area contributed by atoms with E-state index in [2.05, 4.69) is 15.9 Å². The van der Waals surface area contributed by atoms with Crippen LogP contribution in [0.1, 0.15) is 17.2 Å². The Morgan fingerprint density at radius 2 is 1.32 bits per heavy atom. The number of hydrogen-bond acceptors (Lipinski definition) is 1. The molecule has 0 aliphatic heterocycles. The Balaban J connectivity index is 2.52. The van der Waals surface area contributed by atoms with Crippen LogP contribution in [0, 0.1) is 23.3 Å². The molecule has 100 valence electrons. The molecule has 0 saturated carbocycles. The van der Waals surface area contributed by atoms with Crippen LogP contribution in [0.15, 0.2) is 34.8 Å². The topological polar surface area (TPSA) is 20.2 Å². The number of benzene rings is 2. The molecule has 0 aromatic heterocycles. The zero-order valence-corrected chi connectivity index (χ0v) is 10.9. The first-order valence-electron chi connectivity index (χ1n) is 5.17. The first-order chi connectivity index (χ1) is 8.88. The van der Waals surface area contributed by atoms with E-state index in [0.717, 1.165) is 24.3 Å². The van der Waals surface area contributed by atoms with Gasteiger partial charge in [-0.25, -0.2) is 17.6 Å². The number of rotatable bonds is 2. The second kappa shape index (κ2) is 5.30. The normalized spacial score (nSPS) is 12.5. The minimum atomic E-state index is -1.79. The molecule has 1 nitrogen and oxygen atoms in total. The third-order valence-electron chi connectivity index (χ3n) is 2.52. The molecule has 1 N–H and O–H groups in total. The SMILES string of the molecule is OC(c1cc(F)cc(F)c1)c1c(F)cc(Br)cc1F. The fourth-order valence-electron chi connectivity index (χ4n) is 1.71. The zero-order valence-electron chi connectivity index (χ0n) is 9.30. The number of aliphatic hydroxyl groups is 1. The van der Waals surface area contributed by atoms with E-state index < -0.39 is 34.9 Å². The lowest BCUT2D eigenvalue weighted by Crippen LogP contribution is -2.07. The standard InChI is InChI=1S/C13H7BrF4O/c14-7-3-10(17)12(11(18)4-7)13(19)6-1-8(15)5-9(16)2-6/h1-5,13,19H. The maximum atomic E-state index is 13.6. The lowest BCUT2D eigenvalue weighted by Gasteiger charge is -2.14. The molecule has 0 bridgehead atoms. The van der Waals surface area contributed by atoms with Crippen LogP contribution in [-0.4, -0.2) is 5.11 Å². The third-order valence-corrected chi connectivity index (χ3v) is 2.98. The van der Waals surface area contributed by atoms with Crippen LogP contribution >= 0.6 is 15.9 Å². The van der Waals surface area contributed by atoms with Crippen molar-refractivity contribution < 1.29 is 22.7 Å². The minimum Gasteiger partial charge on any atom is -0.383 e. The quantitative estimate of drug-likeness (QED) is 0.820. The highest BCUT2D eigenvalue weighted by atomic mass is 79.9. The molecule has 2 aromatic rings. The lowest BCUT2D eigenvalue weighted by molar-refractivity contribution is 0.208. The van der Waals surface area contributed by atoms with Crippen molar-refractivity contribution in [1.29, 1.82) is 0 Å². The second-order valence-electron chi connectivity index (χ2n) is 3.89. The summed E-state index contributed by atoms with van der Waals surface area (Å²) >= 11 is 2.89. The number of aliphatic hydroxyl groups excluding tert-OH is 1. The molecule has 0 aliphatic carbocycles. The Labute approximate surface area is 114 Å². The van der Waals surface area contributed by atoms with E-state index in [1.165, 1.54) is 0 Å². The predicted molar refractivity (Wildman–Crippen MR) is 64.5 cm³/mol. The maximum absolute atomic E-state index is 13.6. The Morgan fingerprint density at radius 1 is 0.842 bits per heavy atom. The van der Waals surface area contributed by atoms with Crippen LogP contribution in [0.4, 0.5) is 17.6 Å². The van der Waals surface area contributed by atoms with E-state index in [1.807, 2.05) is 0 Å². The van der Waals surface area contributed by atoms with Gasteiger partial charge in [-0.3, -0.25) is 0 Å². The second-order valence-corrected chi connectivity index (χ2v) is 4.80. The number of halogens is 5. The van der Waals surface area contributed by atoms with Crippen LogP contribution in [0.2, 0.25) is 0 Å². The van der Waals surface area contributed by atoms with Gasteiger partial charge >= 0.3 is 0 Å². The van der Waals surface area contributed by atoms with Gasteiger partial charge in [0.25, 0.3) is 0 Å². The van der Waals surface area contributed by atoms with Gasteiger partial charge in [-0.15, -0.1) is 0 Å². The van der Waals surface area contributed by atoms with Crippen molar-refractivity contribution in [3.05, 3.63) is 69.2 Å². The van der Waals surface area contributed by atoms with E-state index in [4.69, 9.17) is 0 Å².